The number of ether oxygens (including phenoxy) is 1. The Balaban J connectivity index is 1.34. The lowest BCUT2D eigenvalue weighted by Crippen LogP contribution is -2.32. The van der Waals surface area contributed by atoms with Crippen LogP contribution in [0.2, 0.25) is 0 Å². The highest BCUT2D eigenvalue weighted by Gasteiger charge is 2.44. The number of nitrogens with two attached hydrogens (primary N) is 1. The highest BCUT2D eigenvalue weighted by molar-refractivity contribution is 7.99. The lowest BCUT2D eigenvalue weighted by molar-refractivity contribution is -0.0289. The third-order valence-corrected chi connectivity index (χ3v) is 6.22. The molecule has 3 heterocycles. The van der Waals surface area contributed by atoms with Crippen LogP contribution in [0.25, 0.3) is 21.9 Å². The predicted molar refractivity (Wildman–Crippen MR) is 110 cm³/mol. The van der Waals surface area contributed by atoms with Crippen molar-refractivity contribution in [2.45, 2.75) is 29.4 Å². The van der Waals surface area contributed by atoms with Crippen LogP contribution in [0.3, 0.4) is 0 Å². The Morgan fingerprint density at radius 1 is 1.03 bits per heavy atom. The van der Waals surface area contributed by atoms with Crippen LogP contribution in [0, 0.1) is 0 Å². The van der Waals surface area contributed by atoms with Gasteiger partial charge in [0.15, 0.2) is 17.7 Å². The lowest BCUT2D eigenvalue weighted by Gasteiger charge is -2.16. The molecule has 1 fully saturated rings. The zero-order chi connectivity index (χ0) is 20.0. The Kier molecular flexibility index (Phi) is 4.59. The van der Waals surface area contributed by atoms with Crippen molar-refractivity contribution in [1.82, 2.24) is 19.5 Å². The van der Waals surface area contributed by atoms with E-state index in [1.54, 1.807) is 16.3 Å². The van der Waals surface area contributed by atoms with E-state index < -0.39 is 24.5 Å². The second-order valence-corrected chi connectivity index (χ2v) is 8.04. The summed E-state index contributed by atoms with van der Waals surface area (Å²) < 4.78 is 7.57. The number of aromatic nitrogens is 4. The van der Waals surface area contributed by atoms with Gasteiger partial charge in [0.25, 0.3) is 0 Å². The van der Waals surface area contributed by atoms with Gasteiger partial charge in [0, 0.05) is 10.6 Å². The van der Waals surface area contributed by atoms with Crippen LogP contribution in [0.4, 0.5) is 5.82 Å². The third-order valence-electron chi connectivity index (χ3n) is 5.13. The first-order chi connectivity index (χ1) is 14.1. The quantitative estimate of drug-likeness (QED) is 0.438. The Labute approximate surface area is 170 Å². The maximum absolute atomic E-state index is 10.6. The molecule has 1 aliphatic heterocycles. The maximum Gasteiger partial charge on any atom is 0.167 e. The van der Waals surface area contributed by atoms with Gasteiger partial charge >= 0.3 is 0 Å². The van der Waals surface area contributed by atoms with Crippen molar-refractivity contribution in [3.8, 4) is 0 Å². The number of aliphatic hydroxyl groups is 2. The van der Waals surface area contributed by atoms with Gasteiger partial charge in [-0.25, -0.2) is 15.0 Å². The normalized spacial score (nSPS) is 24.5. The summed E-state index contributed by atoms with van der Waals surface area (Å²) in [5.74, 6) is 0.752. The maximum atomic E-state index is 10.6. The molecule has 4 N–H and O–H groups in total. The summed E-state index contributed by atoms with van der Waals surface area (Å²) in [7, 11) is 0. The van der Waals surface area contributed by atoms with Crippen LogP contribution >= 0.6 is 11.8 Å². The average molecular weight is 409 g/mol. The molecule has 4 atom stereocenters. The van der Waals surface area contributed by atoms with Gasteiger partial charge in [0.05, 0.1) is 12.4 Å². The Morgan fingerprint density at radius 3 is 2.72 bits per heavy atom. The van der Waals surface area contributed by atoms with Gasteiger partial charge in [0.2, 0.25) is 0 Å². The van der Waals surface area contributed by atoms with Crippen molar-refractivity contribution in [2.75, 3.05) is 11.5 Å². The molecule has 1 aliphatic rings. The van der Waals surface area contributed by atoms with Crippen LogP contribution in [-0.2, 0) is 4.74 Å². The second-order valence-electron chi connectivity index (χ2n) is 6.95. The molecule has 5 rings (SSSR count). The number of hydrogen-bond donors (Lipinski definition) is 3. The SMILES string of the molecule is Nc1ncnc2c1ncn2[C@@H]1OC(CSc2ccc3ccccc3c2)[C@@H](O)[C@H]1O. The lowest BCUT2D eigenvalue weighted by atomic mass is 10.1. The molecule has 8 nitrogen and oxygen atoms in total. The van der Waals surface area contributed by atoms with Gasteiger partial charge in [-0.2, -0.15) is 0 Å². The van der Waals surface area contributed by atoms with E-state index in [4.69, 9.17) is 10.5 Å². The summed E-state index contributed by atoms with van der Waals surface area (Å²) in [4.78, 5) is 13.4. The number of nitrogen functional groups attached to an aromatic ring is 1. The first-order valence-electron chi connectivity index (χ1n) is 9.18. The van der Waals surface area contributed by atoms with Crippen molar-refractivity contribution < 1.29 is 14.9 Å². The Hall–Kier alpha value is -2.72. The number of thioether (sulfide) groups is 1. The number of hydrogen-bond acceptors (Lipinski definition) is 8. The molecular weight excluding hydrogens is 390 g/mol. The van der Waals surface area contributed by atoms with Gasteiger partial charge in [-0.05, 0) is 22.9 Å². The minimum atomic E-state index is -1.11. The summed E-state index contributed by atoms with van der Waals surface area (Å²) >= 11 is 1.58. The smallest absolute Gasteiger partial charge is 0.167 e. The standard InChI is InChI=1S/C20H19N5O3S/c21-18-15-19(23-9-22-18)25(10-24-15)20-17(27)16(26)14(28-20)8-29-13-6-5-11-3-1-2-4-12(11)7-13/h1-7,9-10,14,16-17,20,26-27H,8H2,(H2,21,22,23)/t14?,16-,17-,20-/m1/s1. The molecule has 148 valence electrons. The highest BCUT2D eigenvalue weighted by atomic mass is 32.2. The fraction of sp³-hybridized carbons (Fsp3) is 0.250. The molecular formula is C20H19N5O3S. The topological polar surface area (TPSA) is 119 Å². The van der Waals surface area contributed by atoms with E-state index in [0.29, 0.717) is 16.9 Å². The second kappa shape index (κ2) is 7.27. The number of aliphatic hydroxyl groups excluding tert-OH is 2. The number of rotatable bonds is 4. The van der Waals surface area contributed by atoms with Crippen LogP contribution in [0.5, 0.6) is 0 Å². The molecule has 29 heavy (non-hydrogen) atoms. The molecule has 4 aromatic rings. The van der Waals surface area contributed by atoms with Crippen molar-refractivity contribution >= 4 is 39.5 Å². The largest absolute Gasteiger partial charge is 0.387 e. The minimum Gasteiger partial charge on any atom is -0.387 e. The molecule has 0 spiro atoms. The van der Waals surface area contributed by atoms with Crippen LogP contribution in [-0.4, -0.2) is 53.8 Å². The molecule has 0 saturated carbocycles. The zero-order valence-electron chi connectivity index (χ0n) is 15.3. The molecule has 2 aromatic carbocycles. The minimum absolute atomic E-state index is 0.255. The summed E-state index contributed by atoms with van der Waals surface area (Å²) in [6.07, 6.45) is -0.638. The molecule has 9 heteroatoms. The summed E-state index contributed by atoms with van der Waals surface area (Å²) in [5, 5.41) is 23.4. The van der Waals surface area contributed by atoms with E-state index in [2.05, 4.69) is 39.2 Å². The summed E-state index contributed by atoms with van der Waals surface area (Å²) in [6.45, 7) is 0. The van der Waals surface area contributed by atoms with E-state index in [1.807, 2.05) is 18.2 Å². The van der Waals surface area contributed by atoms with Crippen LogP contribution in [0.1, 0.15) is 6.23 Å². The number of nitrogens with zero attached hydrogens (tertiary/aromatic N) is 4. The van der Waals surface area contributed by atoms with E-state index in [-0.39, 0.29) is 5.82 Å². The van der Waals surface area contributed by atoms with Crippen LogP contribution < -0.4 is 5.73 Å². The Bertz CT molecular complexity index is 1180. The number of fused-ring (bicyclic) bond motifs is 2. The van der Waals surface area contributed by atoms with Crippen molar-refractivity contribution in [3.05, 3.63) is 55.1 Å². The monoisotopic (exact) mass is 409 g/mol. The number of benzene rings is 2. The van der Waals surface area contributed by atoms with Gasteiger partial charge in [0.1, 0.15) is 24.1 Å². The molecule has 2 aromatic heterocycles. The van der Waals surface area contributed by atoms with E-state index in [1.165, 1.54) is 18.0 Å². The van der Waals surface area contributed by atoms with Gasteiger partial charge in [-0.1, -0.05) is 30.3 Å². The predicted octanol–water partition coefficient (Wildman–Crippen LogP) is 1.97. The first-order valence-corrected chi connectivity index (χ1v) is 10.2. The Morgan fingerprint density at radius 2 is 1.86 bits per heavy atom. The van der Waals surface area contributed by atoms with E-state index in [9.17, 15) is 10.2 Å². The van der Waals surface area contributed by atoms with E-state index in [0.717, 1.165) is 10.3 Å². The van der Waals surface area contributed by atoms with Gasteiger partial charge in [-0.15, -0.1) is 11.8 Å². The van der Waals surface area contributed by atoms with Crippen molar-refractivity contribution in [2.24, 2.45) is 0 Å². The van der Waals surface area contributed by atoms with E-state index >= 15 is 0 Å². The number of anilines is 1. The molecule has 0 aliphatic carbocycles. The highest BCUT2D eigenvalue weighted by Crippen LogP contribution is 2.35. The molecule has 0 radical (unpaired) electrons. The number of imidazole rings is 1. The van der Waals surface area contributed by atoms with Gasteiger partial charge < -0.3 is 20.7 Å². The summed E-state index contributed by atoms with van der Waals surface area (Å²) in [5.41, 5.74) is 6.72. The average Bonchev–Trinajstić information content (AvgIpc) is 3.29. The molecule has 0 amide bonds. The third kappa shape index (κ3) is 3.22. The van der Waals surface area contributed by atoms with Crippen molar-refractivity contribution in [3.63, 3.8) is 0 Å². The van der Waals surface area contributed by atoms with Crippen LogP contribution in [0.15, 0.2) is 60.0 Å². The van der Waals surface area contributed by atoms with Crippen molar-refractivity contribution in [1.29, 1.82) is 0 Å². The summed E-state index contributed by atoms with van der Waals surface area (Å²) in [6, 6.07) is 14.4. The fourth-order valence-electron chi connectivity index (χ4n) is 3.59. The fourth-order valence-corrected chi connectivity index (χ4v) is 4.60. The molecule has 1 saturated heterocycles. The van der Waals surface area contributed by atoms with Gasteiger partial charge in [-0.3, -0.25) is 4.57 Å². The molecule has 1 unspecified atom stereocenters. The zero-order valence-corrected chi connectivity index (χ0v) is 16.1. The first kappa shape index (κ1) is 18.3. The molecule has 0 bridgehead atoms.